The van der Waals surface area contributed by atoms with Crippen LogP contribution in [0.15, 0.2) is 97.3 Å². The summed E-state index contributed by atoms with van der Waals surface area (Å²) in [4.78, 5) is 118. The minimum atomic E-state index is -1.31. The van der Waals surface area contributed by atoms with Crippen LogP contribution in [-0.2, 0) is 57.4 Å². The fraction of sp³-hybridized carbons (Fsp3) is 0.365. The normalized spacial score (nSPS) is 22.7. The standard InChI is InChI=1S/C32H30Cl2N6O5.C31H29Cl2N7O4.H3N/c1-31(15-18-3-5-19(16-35)6-4-18)29(44)39(24-13-21(33)12-22(34)14-24)30-36-17-25(40(30)31)26(41)38-32(9-10-32)28(43)37-23-8-7-20(11-23)27(42)45-2;1-30(14-17-2-4-18(15-34)5-3-17)28(44)39(23-12-20(32)11-21(33)13-23)29-36-16-24(40(29)30)26(42)38-31(8-9-31)27(43)37-22-7-6-19(10-22)25(35)41;/h3-6,12-14,17,20,23H,7-11,15H2,1-2H3,(H,37,43)(H,38,41);2-5,11-13,16,19,22H,6-10,14H2,1H3,(H2,35,41)(H,37,43)(H,38,42);1H3/t20-,23+,31+;19-,22+,30+;/m00./s1. The summed E-state index contributed by atoms with van der Waals surface area (Å²) in [5, 5.41) is 31.5. The van der Waals surface area contributed by atoms with Gasteiger partial charge in [-0.25, -0.2) is 19.8 Å². The molecule has 6 aliphatic rings. The molecular weight excluding hydrogens is 1240 g/mol. The van der Waals surface area contributed by atoms with Gasteiger partial charge < -0.3 is 37.9 Å². The first-order valence-electron chi connectivity index (χ1n) is 28.8. The number of nitrogens with one attached hydrogen (secondary N) is 4. The third-order valence-electron chi connectivity index (χ3n) is 17.7. The van der Waals surface area contributed by atoms with Gasteiger partial charge in [0.1, 0.15) is 33.5 Å². The fourth-order valence-corrected chi connectivity index (χ4v) is 13.6. The van der Waals surface area contributed by atoms with Gasteiger partial charge in [0, 0.05) is 50.9 Å². The van der Waals surface area contributed by atoms with E-state index in [-0.39, 0.29) is 102 Å². The molecule has 0 saturated heterocycles. The molecule has 9 N–H and O–H groups in total. The van der Waals surface area contributed by atoms with E-state index in [9.17, 15) is 48.9 Å². The molecule has 0 bridgehead atoms. The second-order valence-corrected chi connectivity index (χ2v) is 25.7. The third-order valence-corrected chi connectivity index (χ3v) is 18.6. The molecule has 6 atom stereocenters. The lowest BCUT2D eigenvalue weighted by Crippen LogP contribution is -2.52. The monoisotopic (exact) mass is 1300 g/mol. The number of esters is 1. The average Bonchev–Trinajstić information content (AvgIpc) is 1.56. The van der Waals surface area contributed by atoms with E-state index in [1.807, 2.05) is 0 Å². The number of primary amides is 1. The second kappa shape index (κ2) is 24.9. The van der Waals surface area contributed by atoms with Crippen LogP contribution in [0.1, 0.15) is 121 Å². The van der Waals surface area contributed by atoms with Gasteiger partial charge in [-0.05, 0) is 150 Å². The summed E-state index contributed by atoms with van der Waals surface area (Å²) in [6, 6.07) is 27.0. The maximum Gasteiger partial charge on any atom is 0.308 e. The topological polar surface area (TPSA) is 345 Å². The number of hydrogen-bond donors (Lipinski definition) is 6. The molecule has 4 fully saturated rings. The van der Waals surface area contributed by atoms with Gasteiger partial charge in [0.05, 0.1) is 60.1 Å². The first kappa shape index (κ1) is 64.2. The van der Waals surface area contributed by atoms with Gasteiger partial charge in [0.15, 0.2) is 0 Å². The highest BCUT2D eigenvalue weighted by atomic mass is 35.5. The molecule has 7 amide bonds. The number of fused-ring (bicyclic) bond motifs is 2. The van der Waals surface area contributed by atoms with Crippen molar-refractivity contribution in [2.24, 2.45) is 17.6 Å². The molecule has 23 nitrogen and oxygen atoms in total. The summed E-state index contributed by atoms with van der Waals surface area (Å²) in [6.45, 7) is 3.44. The largest absolute Gasteiger partial charge is 0.469 e. The van der Waals surface area contributed by atoms with Crippen LogP contribution in [0, 0.1) is 34.5 Å². The van der Waals surface area contributed by atoms with E-state index in [1.54, 1.807) is 108 Å². The number of rotatable bonds is 16. The highest BCUT2D eigenvalue weighted by Gasteiger charge is 2.57. The van der Waals surface area contributed by atoms with Gasteiger partial charge in [-0.15, -0.1) is 0 Å². The first-order valence-corrected chi connectivity index (χ1v) is 30.3. The molecule has 0 unspecified atom stereocenters. The van der Waals surface area contributed by atoms with E-state index in [0.29, 0.717) is 107 Å². The molecule has 27 heteroatoms. The Kier molecular flexibility index (Phi) is 17.7. The molecule has 90 heavy (non-hydrogen) atoms. The van der Waals surface area contributed by atoms with Crippen LogP contribution in [0.5, 0.6) is 0 Å². The van der Waals surface area contributed by atoms with Crippen molar-refractivity contribution in [2.45, 2.75) is 125 Å². The predicted molar refractivity (Wildman–Crippen MR) is 332 cm³/mol. The number of carbonyl (C=O) groups is 8. The highest BCUT2D eigenvalue weighted by Crippen LogP contribution is 2.47. The molecular formula is C63H62Cl4N14O9. The van der Waals surface area contributed by atoms with Crippen LogP contribution in [0.4, 0.5) is 23.3 Å². The van der Waals surface area contributed by atoms with E-state index < -0.39 is 34.0 Å². The Labute approximate surface area is 537 Å². The summed E-state index contributed by atoms with van der Waals surface area (Å²) >= 11 is 25.1. The van der Waals surface area contributed by atoms with Crippen LogP contribution in [-0.4, -0.2) is 96.7 Å². The number of imidazole rings is 2. The van der Waals surface area contributed by atoms with Crippen molar-refractivity contribution in [1.29, 1.82) is 10.5 Å². The number of amides is 7. The van der Waals surface area contributed by atoms with Gasteiger partial charge in [0.2, 0.25) is 29.6 Å². The van der Waals surface area contributed by atoms with E-state index in [4.69, 9.17) is 56.9 Å². The van der Waals surface area contributed by atoms with Gasteiger partial charge in [-0.2, -0.15) is 10.5 Å². The van der Waals surface area contributed by atoms with Crippen molar-refractivity contribution in [2.75, 3.05) is 16.9 Å². The maximum atomic E-state index is 14.3. The van der Waals surface area contributed by atoms with E-state index in [0.717, 1.165) is 11.1 Å². The smallest absolute Gasteiger partial charge is 0.308 e. The predicted octanol–water partition coefficient (Wildman–Crippen LogP) is 8.31. The number of halogens is 4. The number of nitrogens with zero attached hydrogens (tertiary/aromatic N) is 8. The molecule has 4 aliphatic carbocycles. The molecule has 6 aromatic rings. The Hall–Kier alpha value is -8.84. The number of hydrogen-bond acceptors (Lipinski definition) is 14. The van der Waals surface area contributed by atoms with Crippen LogP contribution in [0.25, 0.3) is 0 Å². The lowest BCUT2D eigenvalue weighted by atomic mass is 9.91. The zero-order chi connectivity index (χ0) is 63.5. The molecule has 2 aromatic heterocycles. The number of nitrogens with two attached hydrogens (primary N) is 1. The molecule has 0 radical (unpaired) electrons. The number of nitriles is 2. The molecule has 0 spiro atoms. The van der Waals surface area contributed by atoms with Crippen LogP contribution in [0.2, 0.25) is 20.1 Å². The van der Waals surface area contributed by atoms with Crippen molar-refractivity contribution >= 4 is 117 Å². The Morgan fingerprint density at radius 1 is 0.600 bits per heavy atom. The van der Waals surface area contributed by atoms with Crippen molar-refractivity contribution in [1.82, 2.24) is 46.5 Å². The summed E-state index contributed by atoms with van der Waals surface area (Å²) in [5.74, 6) is -3.24. The molecule has 466 valence electrons. The molecule has 4 aromatic carbocycles. The molecule has 12 rings (SSSR count). The Morgan fingerprint density at radius 2 is 0.967 bits per heavy atom. The van der Waals surface area contributed by atoms with Gasteiger partial charge in [-0.1, -0.05) is 70.7 Å². The summed E-state index contributed by atoms with van der Waals surface area (Å²) in [6.07, 6.45) is 8.41. The van der Waals surface area contributed by atoms with Gasteiger partial charge in [-0.3, -0.25) is 47.5 Å². The summed E-state index contributed by atoms with van der Waals surface area (Å²) in [5.41, 5.74) is 4.09. The number of anilines is 4. The summed E-state index contributed by atoms with van der Waals surface area (Å²) < 4.78 is 8.02. The average molecular weight is 1300 g/mol. The Morgan fingerprint density at radius 3 is 1.30 bits per heavy atom. The first-order chi connectivity index (χ1) is 42.4. The maximum absolute atomic E-state index is 14.3. The van der Waals surface area contributed by atoms with E-state index in [1.165, 1.54) is 29.3 Å². The molecule has 4 saturated carbocycles. The number of methoxy groups -OCH3 is 1. The van der Waals surface area contributed by atoms with Crippen molar-refractivity contribution < 1.29 is 43.1 Å². The van der Waals surface area contributed by atoms with Crippen molar-refractivity contribution in [3.05, 3.63) is 151 Å². The quantitative estimate of drug-likeness (QED) is 0.0496. The zero-order valence-corrected chi connectivity index (χ0v) is 52.1. The third kappa shape index (κ3) is 12.2. The van der Waals surface area contributed by atoms with Crippen molar-refractivity contribution in [3.63, 3.8) is 0 Å². The zero-order valence-electron chi connectivity index (χ0n) is 49.1. The SMILES string of the molecule is COC(=O)[C@H]1CC[C@@H](NC(=O)C2(NC(=O)c3cnc4n3[C@](C)(Cc3ccc(C#N)cc3)C(=O)N4c3cc(Cl)cc(Cl)c3)CC2)C1.C[C@@]1(Cc2ccc(C#N)cc2)C(=O)N(c2cc(Cl)cc(Cl)c2)c2ncc(C(=O)NC3(C(=O)N[C@@H]4CC[C@H](C(N)=O)C4)CC3)n21.N. The minimum absolute atomic E-state index is 0. The number of aromatic nitrogens is 4. The number of ether oxygens (including phenoxy) is 1. The lowest BCUT2D eigenvalue weighted by molar-refractivity contribution is -0.145. The lowest BCUT2D eigenvalue weighted by Gasteiger charge is -2.27. The fourth-order valence-electron chi connectivity index (χ4n) is 12.6. The van der Waals surface area contributed by atoms with Crippen LogP contribution >= 0.6 is 46.4 Å². The van der Waals surface area contributed by atoms with E-state index in [2.05, 4.69) is 43.4 Å². The Balaban J connectivity index is 0.000000196. The van der Waals surface area contributed by atoms with Crippen molar-refractivity contribution in [3.8, 4) is 12.1 Å². The summed E-state index contributed by atoms with van der Waals surface area (Å²) in [7, 11) is 1.35. The van der Waals surface area contributed by atoms with E-state index >= 15 is 0 Å². The van der Waals surface area contributed by atoms with Crippen LogP contribution < -0.4 is 43.0 Å². The minimum Gasteiger partial charge on any atom is -0.469 e. The van der Waals surface area contributed by atoms with Gasteiger partial charge >= 0.3 is 5.97 Å². The van der Waals surface area contributed by atoms with Gasteiger partial charge in [0.25, 0.3) is 23.6 Å². The number of benzene rings is 4. The van der Waals surface area contributed by atoms with Crippen LogP contribution in [0.3, 0.4) is 0 Å². The molecule has 2 aliphatic heterocycles. The highest BCUT2D eigenvalue weighted by molar-refractivity contribution is 6.36. The second-order valence-electron chi connectivity index (χ2n) is 24.0. The molecule has 4 heterocycles. The number of carbonyl (C=O) groups excluding carboxylic acids is 8. The Bertz CT molecular complexity index is 3980.